The first-order valence-corrected chi connectivity index (χ1v) is 12.0. The molecule has 1 N–H and O–H groups in total. The van der Waals surface area contributed by atoms with Crippen LogP contribution in [0, 0.1) is 28.6 Å². The summed E-state index contributed by atoms with van der Waals surface area (Å²) in [6, 6.07) is 3.98. The van der Waals surface area contributed by atoms with Crippen LogP contribution in [0.1, 0.15) is 64.4 Å². The molecule has 3 fully saturated rings. The van der Waals surface area contributed by atoms with Crippen LogP contribution < -0.4 is 5.32 Å². The maximum Gasteiger partial charge on any atom is 0.259 e. The highest BCUT2D eigenvalue weighted by Crippen LogP contribution is 2.64. The Labute approximate surface area is 185 Å². The number of carbonyl (C=O) groups excluding carboxylic acids is 2. The molecule has 5 nitrogen and oxygen atoms in total. The molecule has 5 rings (SSSR count). The number of hydrogen-bond donors (Lipinski definition) is 1. The standard InChI is InChI=1S/C26H35N3O2/c1-25-11-4-7-20(25)18-8-9-22-26(2,21(18)10-12-25)14-19(24(31)29(22)3)23(30)28-16-17-6-5-13-27-15-17/h5-6,13-15,18,20-22H,4,7-12,16H2,1-3H3,(H,28,30)/t18-,20-,21+,22?,25-,26+/m0/s1. The number of rotatable bonds is 3. The Kier molecular flexibility index (Phi) is 4.98. The lowest BCUT2D eigenvalue weighted by molar-refractivity contribution is -0.141. The van der Waals surface area contributed by atoms with Crippen molar-refractivity contribution < 1.29 is 9.59 Å². The molecule has 6 atom stereocenters. The third-order valence-electron chi connectivity index (χ3n) is 9.40. The van der Waals surface area contributed by atoms with Crippen molar-refractivity contribution in [1.82, 2.24) is 15.2 Å². The SMILES string of the molecule is CN1C(=O)C(C(=O)NCc2cccnc2)=C[C@@]2(C)C1CC[C@@H]1[C@H]2CC[C@]2(C)CCC[C@@H]12. The minimum absolute atomic E-state index is 0.128. The molecule has 0 aromatic carbocycles. The van der Waals surface area contributed by atoms with Crippen LogP contribution in [0.15, 0.2) is 36.2 Å². The minimum atomic E-state index is -0.260. The molecule has 166 valence electrons. The van der Waals surface area contributed by atoms with Crippen molar-refractivity contribution in [3.05, 3.63) is 41.7 Å². The quantitative estimate of drug-likeness (QED) is 0.748. The van der Waals surface area contributed by atoms with Crippen LogP contribution in [0.25, 0.3) is 0 Å². The lowest BCUT2D eigenvalue weighted by Crippen LogP contribution is -2.61. The first kappa shape index (κ1) is 20.7. The smallest absolute Gasteiger partial charge is 0.259 e. The van der Waals surface area contributed by atoms with Gasteiger partial charge in [0.15, 0.2) is 0 Å². The predicted octanol–water partition coefficient (Wildman–Crippen LogP) is 4.10. The zero-order valence-corrected chi connectivity index (χ0v) is 19.1. The van der Waals surface area contributed by atoms with Gasteiger partial charge in [0.1, 0.15) is 5.57 Å². The topological polar surface area (TPSA) is 62.3 Å². The van der Waals surface area contributed by atoms with Gasteiger partial charge >= 0.3 is 0 Å². The van der Waals surface area contributed by atoms with Crippen LogP contribution in [0.3, 0.4) is 0 Å². The van der Waals surface area contributed by atoms with E-state index in [0.29, 0.717) is 23.5 Å². The van der Waals surface area contributed by atoms with Crippen molar-refractivity contribution in [3.8, 4) is 0 Å². The number of carbonyl (C=O) groups is 2. The molecule has 5 heteroatoms. The molecular formula is C26H35N3O2. The molecule has 0 radical (unpaired) electrons. The highest BCUT2D eigenvalue weighted by Gasteiger charge is 2.59. The zero-order valence-electron chi connectivity index (χ0n) is 19.1. The Morgan fingerprint density at radius 3 is 2.81 bits per heavy atom. The number of likely N-dealkylation sites (N-methyl/N-ethyl adjacent to an activating group) is 1. The molecule has 1 aliphatic heterocycles. The third kappa shape index (κ3) is 3.23. The molecule has 1 aromatic heterocycles. The van der Waals surface area contributed by atoms with Crippen molar-refractivity contribution in [2.45, 2.75) is 71.4 Å². The van der Waals surface area contributed by atoms with E-state index in [9.17, 15) is 9.59 Å². The second-order valence-corrected chi connectivity index (χ2v) is 10.9. The van der Waals surface area contributed by atoms with Crippen LogP contribution in [0.4, 0.5) is 0 Å². The molecule has 3 saturated carbocycles. The van der Waals surface area contributed by atoms with Crippen molar-refractivity contribution >= 4 is 11.8 Å². The van der Waals surface area contributed by atoms with E-state index in [2.05, 4.69) is 30.2 Å². The first-order chi connectivity index (χ1) is 14.8. The van der Waals surface area contributed by atoms with Gasteiger partial charge in [-0.15, -0.1) is 0 Å². The third-order valence-corrected chi connectivity index (χ3v) is 9.40. The number of pyridine rings is 1. The maximum absolute atomic E-state index is 13.2. The van der Waals surface area contributed by atoms with Crippen LogP contribution >= 0.6 is 0 Å². The lowest BCUT2D eigenvalue weighted by Gasteiger charge is -2.60. The van der Waals surface area contributed by atoms with Gasteiger partial charge in [0.25, 0.3) is 11.8 Å². The molecule has 0 bridgehead atoms. The van der Waals surface area contributed by atoms with Gasteiger partial charge in [-0.05, 0) is 73.3 Å². The average Bonchev–Trinajstić information content (AvgIpc) is 3.17. The van der Waals surface area contributed by atoms with E-state index in [1.54, 1.807) is 12.4 Å². The Balaban J connectivity index is 1.43. The maximum atomic E-state index is 13.2. The van der Waals surface area contributed by atoms with Crippen molar-refractivity contribution in [2.24, 2.45) is 28.6 Å². The van der Waals surface area contributed by atoms with E-state index in [1.807, 2.05) is 24.1 Å². The summed E-state index contributed by atoms with van der Waals surface area (Å²) in [6.07, 6.45) is 14.4. The van der Waals surface area contributed by atoms with Crippen LogP contribution in [-0.2, 0) is 16.1 Å². The molecule has 0 spiro atoms. The van der Waals surface area contributed by atoms with Gasteiger partial charge in [0.2, 0.25) is 0 Å². The molecule has 4 aliphatic rings. The number of nitrogens with zero attached hydrogens (tertiary/aromatic N) is 2. The average molecular weight is 422 g/mol. The predicted molar refractivity (Wildman–Crippen MR) is 120 cm³/mol. The highest BCUT2D eigenvalue weighted by atomic mass is 16.2. The van der Waals surface area contributed by atoms with E-state index in [1.165, 1.54) is 38.5 Å². The summed E-state index contributed by atoms with van der Waals surface area (Å²) < 4.78 is 0. The summed E-state index contributed by atoms with van der Waals surface area (Å²) in [5.74, 6) is 1.69. The fraction of sp³-hybridized carbons (Fsp3) is 0.654. The number of aromatic nitrogens is 1. The zero-order chi connectivity index (χ0) is 21.8. The van der Waals surface area contributed by atoms with Crippen LogP contribution in [0.2, 0.25) is 0 Å². The van der Waals surface area contributed by atoms with Gasteiger partial charge in [-0.25, -0.2) is 0 Å². The normalized spacial score (nSPS) is 39.3. The minimum Gasteiger partial charge on any atom is -0.348 e. The largest absolute Gasteiger partial charge is 0.348 e. The number of nitrogens with one attached hydrogen (secondary N) is 1. The first-order valence-electron chi connectivity index (χ1n) is 12.0. The fourth-order valence-corrected chi connectivity index (χ4v) is 7.83. The number of hydrogen-bond acceptors (Lipinski definition) is 3. The van der Waals surface area contributed by atoms with E-state index in [-0.39, 0.29) is 23.3 Å². The number of fused-ring (bicyclic) bond motifs is 5. The summed E-state index contributed by atoms with van der Waals surface area (Å²) in [7, 11) is 1.90. The summed E-state index contributed by atoms with van der Waals surface area (Å²) in [6.45, 7) is 5.22. The fourth-order valence-electron chi connectivity index (χ4n) is 7.83. The van der Waals surface area contributed by atoms with Crippen molar-refractivity contribution in [3.63, 3.8) is 0 Å². The van der Waals surface area contributed by atoms with E-state index in [4.69, 9.17) is 0 Å². The molecular weight excluding hydrogens is 386 g/mol. The second-order valence-electron chi connectivity index (χ2n) is 10.9. The summed E-state index contributed by atoms with van der Waals surface area (Å²) >= 11 is 0. The Bertz CT molecular complexity index is 912. The Hall–Kier alpha value is -2.17. The van der Waals surface area contributed by atoms with E-state index >= 15 is 0 Å². The highest BCUT2D eigenvalue weighted by molar-refractivity contribution is 6.19. The van der Waals surface area contributed by atoms with Crippen molar-refractivity contribution in [1.29, 1.82) is 0 Å². The molecule has 3 aliphatic carbocycles. The summed E-state index contributed by atoms with van der Waals surface area (Å²) in [4.78, 5) is 32.2. The molecule has 1 aromatic rings. The van der Waals surface area contributed by atoms with E-state index in [0.717, 1.165) is 23.8 Å². The van der Waals surface area contributed by atoms with Crippen molar-refractivity contribution in [2.75, 3.05) is 7.05 Å². The summed E-state index contributed by atoms with van der Waals surface area (Å²) in [5, 5.41) is 2.95. The molecule has 31 heavy (non-hydrogen) atoms. The molecule has 2 amide bonds. The summed E-state index contributed by atoms with van der Waals surface area (Å²) in [5.41, 5.74) is 1.64. The van der Waals surface area contributed by atoms with Gasteiger partial charge < -0.3 is 10.2 Å². The van der Waals surface area contributed by atoms with E-state index < -0.39 is 0 Å². The van der Waals surface area contributed by atoms with Gasteiger partial charge in [0.05, 0.1) is 0 Å². The van der Waals surface area contributed by atoms with Gasteiger partial charge in [-0.3, -0.25) is 14.6 Å². The van der Waals surface area contributed by atoms with Gasteiger partial charge in [0, 0.05) is 37.4 Å². The van der Waals surface area contributed by atoms with Gasteiger partial charge in [-0.2, -0.15) is 0 Å². The molecule has 2 heterocycles. The Morgan fingerprint density at radius 2 is 2.03 bits per heavy atom. The van der Waals surface area contributed by atoms with Crippen LogP contribution in [0.5, 0.6) is 0 Å². The Morgan fingerprint density at radius 1 is 1.19 bits per heavy atom. The van der Waals surface area contributed by atoms with Gasteiger partial charge in [-0.1, -0.05) is 32.4 Å². The monoisotopic (exact) mass is 421 g/mol. The lowest BCUT2D eigenvalue weighted by atomic mass is 9.48. The number of amides is 2. The second kappa shape index (κ2) is 7.46. The molecule has 0 saturated heterocycles. The molecule has 1 unspecified atom stereocenters. The van der Waals surface area contributed by atoms with Crippen LogP contribution in [-0.4, -0.2) is 34.8 Å².